The second-order valence-electron chi connectivity index (χ2n) is 11.0. The SMILES string of the molecule is COC1CCCC(N(C2CCC(C=CC3CCCCC3)CC2)C2CCCC(O)C2)C1. The number of rotatable bonds is 6. The third-order valence-electron chi connectivity index (χ3n) is 8.86. The van der Waals surface area contributed by atoms with Crippen molar-refractivity contribution in [1.29, 1.82) is 0 Å². The first kappa shape index (κ1) is 22.8. The van der Waals surface area contributed by atoms with Gasteiger partial charge in [0.2, 0.25) is 0 Å². The molecular formula is C27H47NO2. The Balaban J connectivity index is 1.36. The predicted molar refractivity (Wildman–Crippen MR) is 125 cm³/mol. The van der Waals surface area contributed by atoms with Crippen molar-refractivity contribution < 1.29 is 9.84 Å². The molecule has 1 N–H and O–H groups in total. The van der Waals surface area contributed by atoms with Crippen LogP contribution in [0.25, 0.3) is 0 Å². The van der Waals surface area contributed by atoms with Crippen LogP contribution in [0, 0.1) is 11.8 Å². The van der Waals surface area contributed by atoms with Crippen LogP contribution in [0.3, 0.4) is 0 Å². The number of methoxy groups -OCH3 is 1. The molecule has 0 bridgehead atoms. The average Bonchev–Trinajstić information content (AvgIpc) is 2.80. The summed E-state index contributed by atoms with van der Waals surface area (Å²) in [7, 11) is 1.89. The van der Waals surface area contributed by atoms with Gasteiger partial charge in [0.15, 0.2) is 0 Å². The van der Waals surface area contributed by atoms with Gasteiger partial charge in [0.1, 0.15) is 0 Å². The third kappa shape index (κ3) is 6.11. The molecule has 0 aromatic heterocycles. The molecule has 4 aliphatic rings. The van der Waals surface area contributed by atoms with Crippen molar-refractivity contribution in [1.82, 2.24) is 4.90 Å². The molecule has 4 saturated carbocycles. The van der Waals surface area contributed by atoms with Gasteiger partial charge in [-0.15, -0.1) is 0 Å². The van der Waals surface area contributed by atoms with Crippen LogP contribution in [0.5, 0.6) is 0 Å². The molecule has 0 heterocycles. The maximum absolute atomic E-state index is 10.4. The smallest absolute Gasteiger partial charge is 0.0586 e. The molecule has 0 amide bonds. The topological polar surface area (TPSA) is 32.7 Å². The molecule has 172 valence electrons. The number of hydrogen-bond donors (Lipinski definition) is 1. The highest BCUT2D eigenvalue weighted by Crippen LogP contribution is 2.38. The molecule has 0 aromatic rings. The minimum absolute atomic E-state index is 0.0807. The lowest BCUT2D eigenvalue weighted by Crippen LogP contribution is -2.54. The zero-order chi connectivity index (χ0) is 20.8. The Hall–Kier alpha value is -0.380. The van der Waals surface area contributed by atoms with E-state index in [1.807, 2.05) is 7.11 Å². The molecule has 3 nitrogen and oxygen atoms in total. The molecule has 30 heavy (non-hydrogen) atoms. The maximum Gasteiger partial charge on any atom is 0.0586 e. The van der Waals surface area contributed by atoms with E-state index < -0.39 is 0 Å². The predicted octanol–water partition coefficient (Wildman–Crippen LogP) is 6.24. The van der Waals surface area contributed by atoms with Crippen molar-refractivity contribution in [3.05, 3.63) is 12.2 Å². The summed E-state index contributed by atoms with van der Waals surface area (Å²) in [5.74, 6) is 1.67. The van der Waals surface area contributed by atoms with Gasteiger partial charge in [-0.2, -0.15) is 0 Å². The van der Waals surface area contributed by atoms with E-state index in [2.05, 4.69) is 17.1 Å². The summed E-state index contributed by atoms with van der Waals surface area (Å²) in [5.41, 5.74) is 0. The van der Waals surface area contributed by atoms with E-state index >= 15 is 0 Å². The number of allylic oxidation sites excluding steroid dienone is 2. The summed E-state index contributed by atoms with van der Waals surface area (Å²) < 4.78 is 5.79. The van der Waals surface area contributed by atoms with Gasteiger partial charge in [0, 0.05) is 25.2 Å². The molecule has 0 radical (unpaired) electrons. The van der Waals surface area contributed by atoms with Crippen LogP contribution in [-0.4, -0.2) is 47.4 Å². The van der Waals surface area contributed by atoms with Crippen LogP contribution < -0.4 is 0 Å². The second-order valence-corrected chi connectivity index (χ2v) is 11.0. The van der Waals surface area contributed by atoms with Crippen LogP contribution in [-0.2, 0) is 4.74 Å². The Labute approximate surface area is 185 Å². The monoisotopic (exact) mass is 417 g/mol. The van der Waals surface area contributed by atoms with Gasteiger partial charge in [-0.1, -0.05) is 31.4 Å². The molecule has 0 aliphatic heterocycles. The Morgan fingerprint density at radius 2 is 1.27 bits per heavy atom. The van der Waals surface area contributed by atoms with E-state index in [9.17, 15) is 5.11 Å². The quantitative estimate of drug-likeness (QED) is 0.519. The van der Waals surface area contributed by atoms with Gasteiger partial charge < -0.3 is 9.84 Å². The first-order chi connectivity index (χ1) is 14.7. The molecule has 4 atom stereocenters. The lowest BCUT2D eigenvalue weighted by atomic mass is 9.79. The standard InChI is InChI=1S/C27H47NO2/c1-30-27-12-6-10-25(20-27)28(24-9-5-11-26(29)19-24)23-17-15-22(16-18-23)14-13-21-7-3-2-4-8-21/h13-14,21-27,29H,2-12,15-20H2,1H3. The van der Waals surface area contributed by atoms with Crippen LogP contribution in [0.4, 0.5) is 0 Å². The van der Waals surface area contributed by atoms with Crippen molar-refractivity contribution in [3.63, 3.8) is 0 Å². The number of aliphatic hydroxyl groups excluding tert-OH is 1. The first-order valence-electron chi connectivity index (χ1n) is 13.4. The van der Waals surface area contributed by atoms with E-state index in [-0.39, 0.29) is 6.10 Å². The lowest BCUT2D eigenvalue weighted by molar-refractivity contribution is -0.0372. The lowest BCUT2D eigenvalue weighted by Gasteiger charge is -2.49. The van der Waals surface area contributed by atoms with Crippen molar-refractivity contribution in [2.24, 2.45) is 11.8 Å². The summed E-state index contributed by atoms with van der Waals surface area (Å²) >= 11 is 0. The largest absolute Gasteiger partial charge is 0.393 e. The third-order valence-corrected chi connectivity index (χ3v) is 8.86. The number of ether oxygens (including phenoxy) is 1. The number of hydrogen-bond acceptors (Lipinski definition) is 3. The van der Waals surface area contributed by atoms with E-state index in [4.69, 9.17) is 4.74 Å². The highest BCUT2D eigenvalue weighted by atomic mass is 16.5. The molecule has 0 spiro atoms. The molecule has 4 unspecified atom stereocenters. The van der Waals surface area contributed by atoms with E-state index in [1.54, 1.807) is 0 Å². The van der Waals surface area contributed by atoms with Gasteiger partial charge in [-0.3, -0.25) is 4.90 Å². The normalized spacial score (nSPS) is 39.6. The molecule has 4 fully saturated rings. The van der Waals surface area contributed by atoms with Gasteiger partial charge in [0.25, 0.3) is 0 Å². The summed E-state index contributed by atoms with van der Waals surface area (Å²) in [6.45, 7) is 0. The highest BCUT2D eigenvalue weighted by Gasteiger charge is 2.38. The fourth-order valence-corrected chi connectivity index (χ4v) is 7.14. The molecule has 0 aromatic carbocycles. The fraction of sp³-hybridized carbons (Fsp3) is 0.926. The summed E-state index contributed by atoms with van der Waals surface area (Å²) in [6.07, 6.45) is 27.7. The maximum atomic E-state index is 10.4. The molecule has 4 rings (SSSR count). The van der Waals surface area contributed by atoms with Gasteiger partial charge >= 0.3 is 0 Å². The van der Waals surface area contributed by atoms with E-state index in [1.165, 1.54) is 96.3 Å². The van der Waals surface area contributed by atoms with E-state index in [0.29, 0.717) is 18.2 Å². The summed E-state index contributed by atoms with van der Waals surface area (Å²) in [4.78, 5) is 2.93. The van der Waals surface area contributed by atoms with Crippen LogP contribution in [0.15, 0.2) is 12.2 Å². The minimum atomic E-state index is -0.0807. The van der Waals surface area contributed by atoms with Crippen molar-refractivity contribution in [2.45, 2.75) is 139 Å². The average molecular weight is 418 g/mol. The van der Waals surface area contributed by atoms with Gasteiger partial charge in [-0.05, 0) is 102 Å². The number of aliphatic hydroxyl groups is 1. The Bertz CT molecular complexity index is 521. The van der Waals surface area contributed by atoms with Gasteiger partial charge in [-0.25, -0.2) is 0 Å². The summed E-state index contributed by atoms with van der Waals surface area (Å²) in [6, 6.07) is 1.98. The van der Waals surface area contributed by atoms with Crippen molar-refractivity contribution in [2.75, 3.05) is 7.11 Å². The zero-order valence-corrected chi connectivity index (χ0v) is 19.5. The van der Waals surface area contributed by atoms with Crippen molar-refractivity contribution in [3.8, 4) is 0 Å². The minimum Gasteiger partial charge on any atom is -0.393 e. The second kappa shape index (κ2) is 11.5. The fourth-order valence-electron chi connectivity index (χ4n) is 7.14. The Morgan fingerprint density at radius 1 is 0.633 bits per heavy atom. The van der Waals surface area contributed by atoms with Crippen LogP contribution in [0.1, 0.15) is 109 Å². The van der Waals surface area contributed by atoms with Gasteiger partial charge in [0.05, 0.1) is 12.2 Å². The van der Waals surface area contributed by atoms with Crippen molar-refractivity contribution >= 4 is 0 Å². The molecule has 4 aliphatic carbocycles. The van der Waals surface area contributed by atoms with Crippen LogP contribution >= 0.6 is 0 Å². The number of nitrogens with zero attached hydrogens (tertiary/aromatic N) is 1. The summed E-state index contributed by atoms with van der Waals surface area (Å²) in [5, 5.41) is 10.4. The first-order valence-corrected chi connectivity index (χ1v) is 13.4. The highest BCUT2D eigenvalue weighted by molar-refractivity contribution is 4.99. The molecular weight excluding hydrogens is 370 g/mol. The molecule has 3 heteroatoms. The zero-order valence-electron chi connectivity index (χ0n) is 19.5. The van der Waals surface area contributed by atoms with E-state index in [0.717, 1.165) is 30.7 Å². The Morgan fingerprint density at radius 3 is 1.93 bits per heavy atom. The van der Waals surface area contributed by atoms with Crippen LogP contribution in [0.2, 0.25) is 0 Å². The Kier molecular flexibility index (Phi) is 8.72. The molecule has 0 saturated heterocycles.